The predicted molar refractivity (Wildman–Crippen MR) is 165 cm³/mol. The maximum Gasteiger partial charge on any atom is 0.334 e. The van der Waals surface area contributed by atoms with Crippen molar-refractivity contribution in [2.75, 3.05) is 7.11 Å². The maximum atomic E-state index is 13.3. The van der Waals surface area contributed by atoms with Gasteiger partial charge >= 0.3 is 5.97 Å². The molecule has 2 rings (SSSR count). The Kier molecular flexibility index (Phi) is 12.9. The van der Waals surface area contributed by atoms with Crippen molar-refractivity contribution in [1.82, 2.24) is 0 Å². The first-order valence-electron chi connectivity index (χ1n) is 14.6. The van der Waals surface area contributed by atoms with Crippen LogP contribution in [0.2, 0.25) is 0 Å². The Hall–Kier alpha value is -2.63. The summed E-state index contributed by atoms with van der Waals surface area (Å²) in [5.41, 5.74) is 4.79. The van der Waals surface area contributed by atoms with E-state index in [1.54, 1.807) is 14.0 Å². The molecule has 7 atom stereocenters. The van der Waals surface area contributed by atoms with Gasteiger partial charge in [-0.25, -0.2) is 4.79 Å². The van der Waals surface area contributed by atoms with E-state index in [0.717, 1.165) is 28.9 Å². The lowest BCUT2D eigenvalue weighted by Gasteiger charge is -2.30. The van der Waals surface area contributed by atoms with Crippen LogP contribution in [0.1, 0.15) is 75.7 Å². The van der Waals surface area contributed by atoms with Gasteiger partial charge in [0.25, 0.3) is 0 Å². The van der Waals surface area contributed by atoms with Crippen LogP contribution in [0.3, 0.4) is 0 Å². The number of aliphatic hydroxyl groups excluding tert-OH is 1. The zero-order valence-electron chi connectivity index (χ0n) is 26.5. The van der Waals surface area contributed by atoms with Crippen LogP contribution in [0.15, 0.2) is 82.2 Å². The quantitative estimate of drug-likeness (QED) is 0.352. The zero-order valence-corrected chi connectivity index (χ0v) is 26.5. The minimum atomic E-state index is -0.556. The molecule has 40 heavy (non-hydrogen) atoms. The van der Waals surface area contributed by atoms with E-state index in [-0.39, 0.29) is 23.9 Å². The highest BCUT2D eigenvalue weighted by Gasteiger charge is 2.30. The Morgan fingerprint density at radius 1 is 1.07 bits per heavy atom. The molecule has 5 nitrogen and oxygen atoms in total. The molecule has 1 N–H and O–H groups in total. The second kappa shape index (κ2) is 15.4. The predicted octanol–water partition coefficient (Wildman–Crippen LogP) is 7.81. The molecule has 0 amide bonds. The van der Waals surface area contributed by atoms with Crippen LogP contribution in [-0.4, -0.2) is 42.6 Å². The molecular formula is C35H52O5. The van der Waals surface area contributed by atoms with Gasteiger partial charge in [0, 0.05) is 24.5 Å². The first-order chi connectivity index (χ1) is 18.7. The summed E-state index contributed by atoms with van der Waals surface area (Å²) in [4.78, 5) is 13.3. The molecule has 2 aliphatic heterocycles. The molecule has 2 aliphatic rings. The summed E-state index contributed by atoms with van der Waals surface area (Å²) in [5, 5.41) is 10.9. The van der Waals surface area contributed by atoms with Crippen molar-refractivity contribution in [1.29, 1.82) is 0 Å². The zero-order chi connectivity index (χ0) is 30.1. The highest BCUT2D eigenvalue weighted by Crippen LogP contribution is 2.29. The number of rotatable bonds is 5. The molecule has 0 aromatic heterocycles. The van der Waals surface area contributed by atoms with E-state index in [4.69, 9.17) is 14.2 Å². The largest absolute Gasteiger partial charge is 0.486 e. The number of carbonyl (C=O) groups is 1. The molecule has 0 saturated heterocycles. The summed E-state index contributed by atoms with van der Waals surface area (Å²) in [6.07, 6.45) is 15.4. The Morgan fingerprint density at radius 2 is 1.75 bits per heavy atom. The fourth-order valence-corrected chi connectivity index (χ4v) is 5.55. The molecule has 0 aromatic carbocycles. The lowest BCUT2D eigenvalue weighted by molar-refractivity contribution is -0.152. The number of hydrogen-bond acceptors (Lipinski definition) is 5. The number of esters is 1. The number of allylic oxidation sites excluding steroid dienone is 8. The van der Waals surface area contributed by atoms with Crippen LogP contribution in [-0.2, 0) is 19.0 Å². The monoisotopic (exact) mass is 552 g/mol. The third-order valence-corrected chi connectivity index (χ3v) is 7.80. The van der Waals surface area contributed by atoms with Crippen molar-refractivity contribution in [3.63, 3.8) is 0 Å². The minimum absolute atomic E-state index is 0.0411. The number of hydrogen-bond donors (Lipinski definition) is 1. The summed E-state index contributed by atoms with van der Waals surface area (Å²) in [5.74, 6) is 0.696. The molecule has 0 spiro atoms. The van der Waals surface area contributed by atoms with Gasteiger partial charge in [-0.15, -0.1) is 0 Å². The molecule has 0 bridgehead atoms. The van der Waals surface area contributed by atoms with Gasteiger partial charge in [0.15, 0.2) is 0 Å². The van der Waals surface area contributed by atoms with Crippen LogP contribution in [0.4, 0.5) is 0 Å². The lowest BCUT2D eigenvalue weighted by atomic mass is 9.87. The van der Waals surface area contributed by atoms with Gasteiger partial charge < -0.3 is 19.3 Å². The van der Waals surface area contributed by atoms with Gasteiger partial charge in [0.2, 0.25) is 0 Å². The van der Waals surface area contributed by atoms with Crippen LogP contribution < -0.4 is 0 Å². The molecule has 1 unspecified atom stereocenters. The van der Waals surface area contributed by atoms with Crippen LogP contribution >= 0.6 is 0 Å². The number of cyclic esters (lactones) is 1. The third kappa shape index (κ3) is 9.49. The first kappa shape index (κ1) is 33.6. The third-order valence-electron chi connectivity index (χ3n) is 7.80. The summed E-state index contributed by atoms with van der Waals surface area (Å²) in [6, 6.07) is 0. The molecule has 0 aromatic rings. The van der Waals surface area contributed by atoms with Crippen molar-refractivity contribution in [3.8, 4) is 0 Å². The van der Waals surface area contributed by atoms with Gasteiger partial charge in [-0.3, -0.25) is 0 Å². The lowest BCUT2D eigenvalue weighted by Crippen LogP contribution is -2.36. The molecule has 2 heterocycles. The fourth-order valence-electron chi connectivity index (χ4n) is 5.55. The second-order valence-electron chi connectivity index (χ2n) is 12.2. The van der Waals surface area contributed by atoms with Crippen molar-refractivity contribution in [3.05, 3.63) is 82.2 Å². The Bertz CT molecular complexity index is 1100. The van der Waals surface area contributed by atoms with Crippen LogP contribution in [0, 0.1) is 23.7 Å². The van der Waals surface area contributed by atoms with E-state index in [9.17, 15) is 9.90 Å². The molecule has 5 heteroatoms. The van der Waals surface area contributed by atoms with E-state index in [1.807, 2.05) is 64.2 Å². The highest BCUT2D eigenvalue weighted by atomic mass is 16.6. The van der Waals surface area contributed by atoms with Gasteiger partial charge in [-0.2, -0.15) is 0 Å². The Labute approximate surface area is 243 Å². The number of carbonyl (C=O) groups excluding carboxylic acids is 1. The van der Waals surface area contributed by atoms with Crippen molar-refractivity contribution < 1.29 is 24.1 Å². The number of ether oxygens (including phenoxy) is 3. The topological polar surface area (TPSA) is 65.0 Å². The molecular weight excluding hydrogens is 500 g/mol. The number of methoxy groups -OCH3 is 1. The summed E-state index contributed by atoms with van der Waals surface area (Å²) in [7, 11) is 1.64. The van der Waals surface area contributed by atoms with Crippen molar-refractivity contribution >= 4 is 5.97 Å². The van der Waals surface area contributed by atoms with E-state index in [0.29, 0.717) is 11.5 Å². The Morgan fingerprint density at radius 3 is 2.38 bits per heavy atom. The maximum absolute atomic E-state index is 13.3. The van der Waals surface area contributed by atoms with Crippen LogP contribution in [0.5, 0.6) is 0 Å². The first-order valence-corrected chi connectivity index (χ1v) is 14.6. The Balaban J connectivity index is 2.47. The van der Waals surface area contributed by atoms with E-state index in [1.165, 1.54) is 5.57 Å². The van der Waals surface area contributed by atoms with E-state index >= 15 is 0 Å². The standard InChI is InChI=1S/C35H52O5/c1-21(2)33-24(5)15-16-30(39-33)25(6)20-28(9)34-31(38-11)14-12-13-22(3)17-26(7)32(36)27(8)18-23(4)19-29(10)35(37)40-34/h12-16,18-21,26-28,31-34,36H,17H2,1-11H3/b14-12+,22-13+,23-18+,25-20+,29-19+/t26-,27+,28-,31-,32-,33?,34+/m0/s1. The van der Waals surface area contributed by atoms with Gasteiger partial charge in [-0.05, 0) is 76.2 Å². The molecule has 0 saturated carbocycles. The summed E-state index contributed by atoms with van der Waals surface area (Å²) < 4.78 is 18.3. The molecule has 222 valence electrons. The second-order valence-corrected chi connectivity index (χ2v) is 12.2. The average Bonchev–Trinajstić information content (AvgIpc) is 2.88. The minimum Gasteiger partial charge on any atom is -0.486 e. The van der Waals surface area contributed by atoms with Gasteiger partial charge in [0.1, 0.15) is 24.1 Å². The van der Waals surface area contributed by atoms with Crippen LogP contribution in [0.25, 0.3) is 0 Å². The molecule has 0 radical (unpaired) electrons. The normalized spacial score (nSPS) is 35.1. The van der Waals surface area contributed by atoms with E-state index < -0.39 is 24.3 Å². The highest BCUT2D eigenvalue weighted by molar-refractivity contribution is 5.88. The van der Waals surface area contributed by atoms with Crippen molar-refractivity contribution in [2.24, 2.45) is 23.7 Å². The molecule has 0 aliphatic carbocycles. The average molecular weight is 553 g/mol. The number of aliphatic hydroxyl groups is 1. The molecule has 0 fully saturated rings. The SMILES string of the molecule is CO[C@H]1/C=C/C=C(\C)C[C@H](C)[C@H](O)[C@H](C)/C=C(C)/C=C(\C)C(=O)O[C@@H]1[C@@H](C)/C=C(\C)C1=CC=C(C)C(C(C)C)O1. The fraction of sp³-hybridized carbons (Fsp3) is 0.571. The van der Waals surface area contributed by atoms with Gasteiger partial charge in [0.05, 0.1) is 6.10 Å². The summed E-state index contributed by atoms with van der Waals surface area (Å²) >= 11 is 0. The van der Waals surface area contributed by atoms with Gasteiger partial charge in [-0.1, -0.05) is 82.2 Å². The smallest absolute Gasteiger partial charge is 0.334 e. The van der Waals surface area contributed by atoms with E-state index in [2.05, 4.69) is 46.8 Å². The van der Waals surface area contributed by atoms with Crippen molar-refractivity contribution in [2.45, 2.75) is 100 Å². The summed E-state index contributed by atoms with van der Waals surface area (Å²) in [6.45, 7) is 20.4.